The van der Waals surface area contributed by atoms with Crippen LogP contribution in [0, 0.1) is 0 Å². The Morgan fingerprint density at radius 2 is 2.04 bits per heavy atom. The minimum absolute atomic E-state index is 0.0739. The van der Waals surface area contributed by atoms with Gasteiger partial charge in [0.1, 0.15) is 5.01 Å². The summed E-state index contributed by atoms with van der Waals surface area (Å²) in [4.78, 5) is 21.8. The van der Waals surface area contributed by atoms with E-state index in [1.807, 2.05) is 24.1 Å². The normalized spacial score (nSPS) is 18.2. The van der Waals surface area contributed by atoms with Crippen LogP contribution in [0.15, 0.2) is 24.3 Å². The van der Waals surface area contributed by atoms with Gasteiger partial charge in [-0.25, -0.2) is 9.78 Å². The fourth-order valence-electron chi connectivity index (χ4n) is 3.09. The summed E-state index contributed by atoms with van der Waals surface area (Å²) in [5.74, 6) is 0. The Balaban J connectivity index is 1.58. The van der Waals surface area contributed by atoms with Crippen LogP contribution in [-0.4, -0.2) is 42.6 Å². The highest BCUT2D eigenvalue weighted by atomic mass is 32.1. The number of thiazole rings is 1. The van der Waals surface area contributed by atoms with Crippen molar-refractivity contribution in [2.45, 2.75) is 19.4 Å². The first-order chi connectivity index (χ1) is 11.2. The number of aromatic nitrogens is 1. The van der Waals surface area contributed by atoms with E-state index in [2.05, 4.69) is 17.4 Å². The average molecular weight is 328 g/mol. The van der Waals surface area contributed by atoms with E-state index >= 15 is 0 Å². The molecule has 0 bridgehead atoms. The van der Waals surface area contributed by atoms with Gasteiger partial charge in [-0.05, 0) is 43.7 Å². The number of nitrogens with zero attached hydrogens (tertiary/aromatic N) is 3. The van der Waals surface area contributed by atoms with Crippen molar-refractivity contribution >= 4 is 23.1 Å². The minimum atomic E-state index is 0.0739. The molecule has 0 saturated carbocycles. The number of hydrogen-bond acceptors (Lipinski definition) is 4. The molecule has 2 aromatic rings. The number of likely N-dealkylation sites (N-methyl/N-ethyl adjacent to an activating group) is 1. The molecule has 0 unspecified atom stereocenters. The predicted octanol–water partition coefficient (Wildman–Crippen LogP) is 2.72. The molecule has 1 N–H and O–H groups in total. The first-order valence-electron chi connectivity index (χ1n) is 8.05. The zero-order chi connectivity index (χ0) is 15.8. The van der Waals surface area contributed by atoms with Crippen molar-refractivity contribution < 1.29 is 4.79 Å². The molecule has 2 aliphatic heterocycles. The SMILES string of the molecule is CN1CCN(c2ccc(-c3nc4c(s3)CCCNC4)cc2)C1=O. The van der Waals surface area contributed by atoms with Crippen molar-refractivity contribution in [2.75, 3.05) is 31.6 Å². The molecule has 4 rings (SSSR count). The molecule has 2 aliphatic rings. The molecule has 6 heteroatoms. The maximum atomic E-state index is 12.1. The summed E-state index contributed by atoms with van der Waals surface area (Å²) in [6.45, 7) is 3.49. The van der Waals surface area contributed by atoms with Gasteiger partial charge in [-0.15, -0.1) is 11.3 Å². The van der Waals surface area contributed by atoms with Gasteiger partial charge in [0.15, 0.2) is 0 Å². The van der Waals surface area contributed by atoms with Crippen molar-refractivity contribution in [3.05, 3.63) is 34.8 Å². The first-order valence-corrected chi connectivity index (χ1v) is 8.86. The van der Waals surface area contributed by atoms with Crippen molar-refractivity contribution in [1.29, 1.82) is 0 Å². The van der Waals surface area contributed by atoms with Crippen LogP contribution >= 0.6 is 11.3 Å². The minimum Gasteiger partial charge on any atom is -0.326 e. The fraction of sp³-hybridized carbons (Fsp3) is 0.412. The van der Waals surface area contributed by atoms with E-state index in [0.29, 0.717) is 0 Å². The largest absolute Gasteiger partial charge is 0.326 e. The Labute approximate surface area is 139 Å². The number of benzene rings is 1. The lowest BCUT2D eigenvalue weighted by Gasteiger charge is -2.16. The number of hydrogen-bond donors (Lipinski definition) is 1. The van der Waals surface area contributed by atoms with Crippen LogP contribution in [0.5, 0.6) is 0 Å². The Bertz CT molecular complexity index is 701. The maximum Gasteiger partial charge on any atom is 0.324 e. The second-order valence-electron chi connectivity index (χ2n) is 6.07. The smallest absolute Gasteiger partial charge is 0.324 e. The van der Waals surface area contributed by atoms with Crippen LogP contribution in [0.2, 0.25) is 0 Å². The van der Waals surface area contributed by atoms with Crippen LogP contribution in [0.3, 0.4) is 0 Å². The molecule has 0 spiro atoms. The Hall–Kier alpha value is -1.92. The van der Waals surface area contributed by atoms with Gasteiger partial charge in [-0.3, -0.25) is 4.90 Å². The maximum absolute atomic E-state index is 12.1. The summed E-state index contributed by atoms with van der Waals surface area (Å²) in [6, 6.07) is 8.28. The lowest BCUT2D eigenvalue weighted by atomic mass is 10.2. The number of urea groups is 1. The molecule has 120 valence electrons. The summed E-state index contributed by atoms with van der Waals surface area (Å²) < 4.78 is 0. The first kappa shape index (κ1) is 14.7. The molecule has 2 amide bonds. The van der Waals surface area contributed by atoms with Gasteiger partial charge in [-0.1, -0.05) is 0 Å². The van der Waals surface area contributed by atoms with Crippen molar-refractivity contribution in [3.8, 4) is 10.6 Å². The monoisotopic (exact) mass is 328 g/mol. The predicted molar refractivity (Wildman–Crippen MR) is 92.9 cm³/mol. The molecule has 23 heavy (non-hydrogen) atoms. The Morgan fingerprint density at radius 1 is 1.22 bits per heavy atom. The van der Waals surface area contributed by atoms with Crippen LogP contribution in [0.25, 0.3) is 10.6 Å². The van der Waals surface area contributed by atoms with Gasteiger partial charge in [0.2, 0.25) is 0 Å². The topological polar surface area (TPSA) is 48.5 Å². The van der Waals surface area contributed by atoms with Gasteiger partial charge in [0, 0.05) is 42.8 Å². The van der Waals surface area contributed by atoms with Gasteiger partial charge < -0.3 is 10.2 Å². The van der Waals surface area contributed by atoms with Crippen molar-refractivity contribution in [2.24, 2.45) is 0 Å². The third kappa shape index (κ3) is 2.72. The molecule has 3 heterocycles. The number of rotatable bonds is 2. The second kappa shape index (κ2) is 5.94. The fourth-order valence-corrected chi connectivity index (χ4v) is 4.22. The molecule has 0 aliphatic carbocycles. The molecule has 0 radical (unpaired) electrons. The molecule has 1 aromatic heterocycles. The van der Waals surface area contributed by atoms with Crippen LogP contribution in [-0.2, 0) is 13.0 Å². The lowest BCUT2D eigenvalue weighted by molar-refractivity contribution is 0.229. The highest BCUT2D eigenvalue weighted by Gasteiger charge is 2.26. The van der Waals surface area contributed by atoms with E-state index < -0.39 is 0 Å². The molecule has 0 atom stereocenters. The van der Waals surface area contributed by atoms with E-state index in [1.165, 1.54) is 17.0 Å². The summed E-state index contributed by atoms with van der Waals surface area (Å²) in [7, 11) is 1.84. The summed E-state index contributed by atoms with van der Waals surface area (Å²) in [5.41, 5.74) is 3.29. The number of aryl methyl sites for hydroxylation is 1. The van der Waals surface area contributed by atoms with Crippen molar-refractivity contribution in [1.82, 2.24) is 15.2 Å². The van der Waals surface area contributed by atoms with E-state index in [9.17, 15) is 4.79 Å². The average Bonchev–Trinajstić information content (AvgIpc) is 3.05. The Morgan fingerprint density at radius 3 is 2.78 bits per heavy atom. The summed E-state index contributed by atoms with van der Waals surface area (Å²) >= 11 is 1.80. The zero-order valence-corrected chi connectivity index (χ0v) is 14.0. The number of carbonyl (C=O) groups excluding carboxylic acids is 1. The van der Waals surface area contributed by atoms with Crippen LogP contribution in [0.1, 0.15) is 17.0 Å². The Kier molecular flexibility index (Phi) is 3.79. The molecule has 1 aromatic carbocycles. The molecular weight excluding hydrogens is 308 g/mol. The summed E-state index contributed by atoms with van der Waals surface area (Å²) in [5, 5.41) is 4.50. The third-order valence-electron chi connectivity index (χ3n) is 4.47. The zero-order valence-electron chi connectivity index (χ0n) is 13.2. The van der Waals surface area contributed by atoms with E-state index in [4.69, 9.17) is 4.98 Å². The molecule has 5 nitrogen and oxygen atoms in total. The van der Waals surface area contributed by atoms with Crippen LogP contribution < -0.4 is 10.2 Å². The molecule has 1 fully saturated rings. The van der Waals surface area contributed by atoms with Crippen LogP contribution in [0.4, 0.5) is 10.5 Å². The molecular formula is C17H20N4OS. The lowest BCUT2D eigenvalue weighted by Crippen LogP contribution is -2.29. The number of anilines is 1. The third-order valence-corrected chi connectivity index (χ3v) is 5.68. The number of carbonyl (C=O) groups is 1. The number of amides is 2. The van der Waals surface area contributed by atoms with E-state index in [-0.39, 0.29) is 6.03 Å². The van der Waals surface area contributed by atoms with Gasteiger partial charge in [-0.2, -0.15) is 0 Å². The van der Waals surface area contributed by atoms with Gasteiger partial charge in [0.25, 0.3) is 0 Å². The standard InChI is InChI=1S/C17H20N4OS/c1-20-9-10-21(17(20)22)13-6-4-12(5-7-13)16-19-14-11-18-8-2-3-15(14)23-16/h4-7,18H,2-3,8-11H2,1H3. The highest BCUT2D eigenvalue weighted by Crippen LogP contribution is 2.31. The van der Waals surface area contributed by atoms with Crippen molar-refractivity contribution in [3.63, 3.8) is 0 Å². The summed E-state index contributed by atoms with van der Waals surface area (Å²) in [6.07, 6.45) is 2.30. The van der Waals surface area contributed by atoms with E-state index in [1.54, 1.807) is 16.2 Å². The van der Waals surface area contributed by atoms with E-state index in [0.717, 1.165) is 48.9 Å². The second-order valence-corrected chi connectivity index (χ2v) is 7.16. The quantitative estimate of drug-likeness (QED) is 0.922. The number of fused-ring (bicyclic) bond motifs is 1. The highest BCUT2D eigenvalue weighted by molar-refractivity contribution is 7.15. The molecule has 1 saturated heterocycles. The van der Waals surface area contributed by atoms with Gasteiger partial charge in [0.05, 0.1) is 5.69 Å². The van der Waals surface area contributed by atoms with Gasteiger partial charge >= 0.3 is 6.03 Å². The number of nitrogens with one attached hydrogen (secondary N) is 1.